The predicted molar refractivity (Wildman–Crippen MR) is 78.1 cm³/mol. The number of halogens is 3. The van der Waals surface area contributed by atoms with Crippen LogP contribution in [0.1, 0.15) is 31.2 Å². The van der Waals surface area contributed by atoms with Crippen LogP contribution in [0, 0.1) is 5.41 Å². The maximum atomic E-state index is 13.1. The number of hydrogen-bond acceptors (Lipinski definition) is 3. The Morgan fingerprint density at radius 1 is 1.21 bits per heavy atom. The molecule has 2 aliphatic heterocycles. The molecule has 8 heteroatoms. The van der Waals surface area contributed by atoms with E-state index in [1.165, 1.54) is 4.90 Å². The Morgan fingerprint density at radius 2 is 1.88 bits per heavy atom. The Kier molecular flexibility index (Phi) is 3.02. The molecule has 3 heterocycles. The van der Waals surface area contributed by atoms with Gasteiger partial charge in [-0.1, -0.05) is 0 Å². The van der Waals surface area contributed by atoms with Crippen molar-refractivity contribution in [1.29, 1.82) is 0 Å². The number of nitrogens with one attached hydrogen (secondary N) is 1. The van der Waals surface area contributed by atoms with Gasteiger partial charge in [0.05, 0.1) is 17.3 Å². The van der Waals surface area contributed by atoms with Crippen molar-refractivity contribution in [2.24, 2.45) is 5.41 Å². The monoisotopic (exact) mass is 339 g/mol. The quantitative estimate of drug-likeness (QED) is 0.853. The molecule has 1 spiro atoms. The average molecular weight is 339 g/mol. The lowest BCUT2D eigenvalue weighted by molar-refractivity contribution is -0.199. The second kappa shape index (κ2) is 4.70. The molecule has 0 bridgehead atoms. The van der Waals surface area contributed by atoms with Crippen LogP contribution in [0.25, 0.3) is 0 Å². The number of alkyl halides is 3. The van der Waals surface area contributed by atoms with Crippen molar-refractivity contribution in [2.75, 3.05) is 18.4 Å². The molecule has 24 heavy (non-hydrogen) atoms. The molecule has 128 valence electrons. The number of anilines is 1. The van der Waals surface area contributed by atoms with Crippen molar-refractivity contribution < 1.29 is 22.8 Å². The Balaban J connectivity index is 1.54. The molecule has 1 aromatic rings. The molecule has 5 nitrogen and oxygen atoms in total. The third kappa shape index (κ3) is 1.91. The lowest BCUT2D eigenvalue weighted by Crippen LogP contribution is -2.52. The van der Waals surface area contributed by atoms with Gasteiger partial charge in [-0.25, -0.2) is 0 Å². The summed E-state index contributed by atoms with van der Waals surface area (Å²) in [5.41, 5.74) is -1.47. The standard InChI is InChI=1S/C16H16F3N3O2/c17-16(18,19)15(2-3-15)13(24)22-7-4-14(5-8-22)10-1-6-20-9-11(10)21-12(14)23/h1,6,9H,2-5,7-8H2,(H,21,23). The molecule has 1 aliphatic carbocycles. The summed E-state index contributed by atoms with van der Waals surface area (Å²) in [6.07, 6.45) is -0.936. The Morgan fingerprint density at radius 3 is 2.46 bits per heavy atom. The minimum atomic E-state index is -4.50. The summed E-state index contributed by atoms with van der Waals surface area (Å²) in [6, 6.07) is 1.77. The SMILES string of the molecule is O=C1Nc2cnccc2C12CCN(C(=O)C1(C(F)(F)F)CC1)CC2. The molecule has 0 atom stereocenters. The fourth-order valence-electron chi connectivity index (χ4n) is 3.91. The molecule has 0 radical (unpaired) electrons. The number of carbonyl (C=O) groups excluding carboxylic acids is 2. The van der Waals surface area contributed by atoms with Crippen molar-refractivity contribution in [2.45, 2.75) is 37.3 Å². The number of likely N-dealkylation sites (tertiary alicyclic amines) is 1. The van der Waals surface area contributed by atoms with Crippen LogP contribution in [-0.4, -0.2) is 41.0 Å². The average Bonchev–Trinajstić information content (AvgIpc) is 3.32. The molecule has 0 aromatic carbocycles. The highest BCUT2D eigenvalue weighted by molar-refractivity contribution is 6.06. The fourth-order valence-corrected chi connectivity index (χ4v) is 3.91. The molecule has 4 rings (SSSR count). The molecular weight excluding hydrogens is 323 g/mol. The highest BCUT2D eigenvalue weighted by Crippen LogP contribution is 2.59. The lowest BCUT2D eigenvalue weighted by atomic mass is 9.74. The molecular formula is C16H16F3N3O2. The van der Waals surface area contributed by atoms with Crippen LogP contribution < -0.4 is 5.32 Å². The first-order chi connectivity index (χ1) is 11.3. The summed E-state index contributed by atoms with van der Waals surface area (Å²) in [5, 5.41) is 2.78. The van der Waals surface area contributed by atoms with Crippen molar-refractivity contribution >= 4 is 17.5 Å². The van der Waals surface area contributed by atoms with E-state index in [-0.39, 0.29) is 31.8 Å². The summed E-state index contributed by atoms with van der Waals surface area (Å²) < 4.78 is 39.4. The van der Waals surface area contributed by atoms with Crippen LogP contribution in [0.3, 0.4) is 0 Å². The van der Waals surface area contributed by atoms with Crippen LogP contribution in [0.2, 0.25) is 0 Å². The maximum Gasteiger partial charge on any atom is 0.403 e. The topological polar surface area (TPSA) is 62.3 Å². The predicted octanol–water partition coefficient (Wildman–Crippen LogP) is 2.24. The van der Waals surface area contributed by atoms with Crippen molar-refractivity contribution in [3.63, 3.8) is 0 Å². The number of piperidine rings is 1. The number of pyridine rings is 1. The van der Waals surface area contributed by atoms with Crippen LogP contribution in [0.5, 0.6) is 0 Å². The number of aromatic nitrogens is 1. The number of fused-ring (bicyclic) bond motifs is 2. The number of carbonyl (C=O) groups is 2. The Bertz CT molecular complexity index is 720. The van der Waals surface area contributed by atoms with Crippen LogP contribution >= 0.6 is 0 Å². The lowest BCUT2D eigenvalue weighted by Gasteiger charge is -2.39. The van der Waals surface area contributed by atoms with Gasteiger partial charge in [-0.05, 0) is 37.3 Å². The van der Waals surface area contributed by atoms with Crippen molar-refractivity contribution in [1.82, 2.24) is 9.88 Å². The van der Waals surface area contributed by atoms with E-state index in [2.05, 4.69) is 10.3 Å². The minimum absolute atomic E-state index is 0.133. The van der Waals surface area contributed by atoms with E-state index >= 15 is 0 Å². The van der Waals surface area contributed by atoms with Gasteiger partial charge in [-0.3, -0.25) is 14.6 Å². The molecule has 1 aromatic heterocycles. The van der Waals surface area contributed by atoms with E-state index in [4.69, 9.17) is 0 Å². The van der Waals surface area contributed by atoms with Crippen LogP contribution in [0.15, 0.2) is 18.5 Å². The fraction of sp³-hybridized carbons (Fsp3) is 0.562. The van der Waals surface area contributed by atoms with Crippen molar-refractivity contribution in [3.05, 3.63) is 24.0 Å². The minimum Gasteiger partial charge on any atom is -0.342 e. The van der Waals surface area contributed by atoms with Gasteiger partial charge in [-0.2, -0.15) is 13.2 Å². The maximum absolute atomic E-state index is 13.1. The molecule has 0 unspecified atom stereocenters. The smallest absolute Gasteiger partial charge is 0.342 e. The molecule has 2 fully saturated rings. The Labute approximate surface area is 136 Å². The van der Waals surface area contributed by atoms with Gasteiger partial charge in [0, 0.05) is 19.3 Å². The zero-order valence-electron chi connectivity index (χ0n) is 12.8. The molecule has 3 aliphatic rings. The van der Waals surface area contributed by atoms with E-state index in [0.717, 1.165) is 5.56 Å². The molecule has 1 saturated heterocycles. The second-order valence-electron chi connectivity index (χ2n) is 6.83. The zero-order chi connectivity index (χ0) is 17.2. The number of nitrogens with zero attached hydrogens (tertiary/aromatic N) is 2. The normalized spacial score (nSPS) is 23.8. The Hall–Kier alpha value is -2.12. The zero-order valence-corrected chi connectivity index (χ0v) is 12.8. The van der Waals surface area contributed by atoms with E-state index < -0.39 is 22.9 Å². The number of hydrogen-bond donors (Lipinski definition) is 1. The highest BCUT2D eigenvalue weighted by Gasteiger charge is 2.69. The highest BCUT2D eigenvalue weighted by atomic mass is 19.4. The van der Waals surface area contributed by atoms with Gasteiger partial charge in [-0.15, -0.1) is 0 Å². The first kappa shape index (κ1) is 15.4. The van der Waals surface area contributed by atoms with Gasteiger partial charge in [0.2, 0.25) is 11.8 Å². The van der Waals surface area contributed by atoms with E-state index in [9.17, 15) is 22.8 Å². The van der Waals surface area contributed by atoms with Crippen molar-refractivity contribution in [3.8, 4) is 0 Å². The number of rotatable bonds is 1. The van der Waals surface area contributed by atoms with Gasteiger partial charge < -0.3 is 10.2 Å². The number of amides is 2. The third-order valence-corrected chi connectivity index (χ3v) is 5.63. The summed E-state index contributed by atoms with van der Waals surface area (Å²) >= 11 is 0. The first-order valence-corrected chi connectivity index (χ1v) is 7.92. The summed E-state index contributed by atoms with van der Waals surface area (Å²) in [6.45, 7) is 0.317. The van der Waals surface area contributed by atoms with Gasteiger partial charge >= 0.3 is 6.18 Å². The third-order valence-electron chi connectivity index (χ3n) is 5.63. The molecule has 1 saturated carbocycles. The van der Waals surface area contributed by atoms with E-state index in [0.29, 0.717) is 18.5 Å². The molecule has 1 N–H and O–H groups in total. The second-order valence-corrected chi connectivity index (χ2v) is 6.83. The van der Waals surface area contributed by atoms with Gasteiger partial charge in [0.25, 0.3) is 0 Å². The van der Waals surface area contributed by atoms with Crippen LogP contribution in [0.4, 0.5) is 18.9 Å². The summed E-state index contributed by atoms with van der Waals surface area (Å²) in [5.74, 6) is -0.993. The van der Waals surface area contributed by atoms with E-state index in [1.807, 2.05) is 0 Å². The molecule has 2 amide bonds. The summed E-state index contributed by atoms with van der Waals surface area (Å²) in [4.78, 5) is 30.0. The largest absolute Gasteiger partial charge is 0.403 e. The van der Waals surface area contributed by atoms with Gasteiger partial charge in [0.1, 0.15) is 5.41 Å². The first-order valence-electron chi connectivity index (χ1n) is 7.92. The van der Waals surface area contributed by atoms with Crippen LogP contribution in [-0.2, 0) is 15.0 Å². The van der Waals surface area contributed by atoms with E-state index in [1.54, 1.807) is 18.5 Å². The summed E-state index contributed by atoms with van der Waals surface area (Å²) in [7, 11) is 0. The van der Waals surface area contributed by atoms with Gasteiger partial charge in [0.15, 0.2) is 0 Å².